The van der Waals surface area contributed by atoms with Crippen LogP contribution in [0, 0.1) is 30.2 Å². The Labute approximate surface area is 95.6 Å². The van der Waals surface area contributed by atoms with Gasteiger partial charge in [-0.25, -0.2) is 17.6 Å². The third-order valence-electron chi connectivity index (χ3n) is 2.28. The van der Waals surface area contributed by atoms with E-state index < -0.39 is 40.2 Å². The lowest BCUT2D eigenvalue weighted by atomic mass is 10.0. The Hall–Kier alpha value is -1.56. The number of halogens is 4. The summed E-state index contributed by atoms with van der Waals surface area (Å²) in [4.78, 5) is 4.28. The number of rotatable bonds is 2. The highest BCUT2D eigenvalue weighted by molar-refractivity contribution is 5.64. The van der Waals surface area contributed by atoms with E-state index in [0.717, 1.165) is 6.92 Å². The minimum Gasteiger partial charge on any atom is -0.411 e. The molecule has 0 aromatic heterocycles. The maximum Gasteiger partial charge on any atom is 0.173 e. The lowest BCUT2D eigenvalue weighted by Gasteiger charge is -2.12. The molecule has 1 aromatic rings. The summed E-state index contributed by atoms with van der Waals surface area (Å²) < 4.78 is 53.7. The van der Waals surface area contributed by atoms with Crippen LogP contribution >= 0.6 is 0 Å². The molecule has 0 atom stereocenters. The molecule has 1 aromatic carbocycles. The highest BCUT2D eigenvalue weighted by atomic mass is 19.2. The van der Waals surface area contributed by atoms with Crippen LogP contribution in [-0.4, -0.2) is 0 Å². The van der Waals surface area contributed by atoms with Gasteiger partial charge in [0.25, 0.3) is 0 Å². The van der Waals surface area contributed by atoms with E-state index in [0.29, 0.717) is 0 Å². The largest absolute Gasteiger partial charge is 0.411 e. The van der Waals surface area contributed by atoms with Crippen molar-refractivity contribution in [2.45, 2.75) is 20.8 Å². The van der Waals surface area contributed by atoms with Gasteiger partial charge in [0.2, 0.25) is 0 Å². The van der Waals surface area contributed by atoms with Crippen LogP contribution in [0.3, 0.4) is 0 Å². The standard InChI is InChI=1S/C11H11F4NO/c1-4(2)11(17-16)6-9(14)7(12)5(3)8(13)10(6)15/h16H2,1-3H3. The first-order chi connectivity index (χ1) is 7.82. The fraction of sp³-hybridized carbons (Fsp3) is 0.273. The summed E-state index contributed by atoms with van der Waals surface area (Å²) in [6.07, 6.45) is 0. The summed E-state index contributed by atoms with van der Waals surface area (Å²) in [6.45, 7) is 3.82. The fourth-order valence-corrected chi connectivity index (χ4v) is 1.37. The first-order valence-corrected chi connectivity index (χ1v) is 4.70. The molecule has 2 N–H and O–H groups in total. The summed E-state index contributed by atoms with van der Waals surface area (Å²) in [6, 6.07) is 0. The van der Waals surface area contributed by atoms with Gasteiger partial charge in [0.1, 0.15) is 0 Å². The van der Waals surface area contributed by atoms with Crippen molar-refractivity contribution in [3.63, 3.8) is 0 Å². The number of nitrogens with two attached hydrogens (primary N) is 1. The normalized spacial score (nSPS) is 10.4. The maximum absolute atomic E-state index is 13.5. The molecule has 0 amide bonds. The molecule has 17 heavy (non-hydrogen) atoms. The van der Waals surface area contributed by atoms with Gasteiger partial charge in [0, 0.05) is 5.56 Å². The van der Waals surface area contributed by atoms with E-state index >= 15 is 0 Å². The van der Waals surface area contributed by atoms with Gasteiger partial charge in [-0.3, -0.25) is 0 Å². The zero-order valence-corrected chi connectivity index (χ0v) is 9.50. The smallest absolute Gasteiger partial charge is 0.173 e. The molecule has 1 rings (SSSR count). The Balaban J connectivity index is 3.72. The summed E-state index contributed by atoms with van der Waals surface area (Å²) in [7, 11) is 0. The number of allylic oxidation sites excluding steroid dienone is 1. The van der Waals surface area contributed by atoms with Crippen LogP contribution in [0.4, 0.5) is 17.6 Å². The van der Waals surface area contributed by atoms with Crippen LogP contribution in [0.15, 0.2) is 5.57 Å². The van der Waals surface area contributed by atoms with Gasteiger partial charge in [-0.1, -0.05) is 0 Å². The summed E-state index contributed by atoms with van der Waals surface area (Å²) >= 11 is 0. The predicted octanol–water partition coefficient (Wildman–Crippen LogP) is 3.19. The third-order valence-corrected chi connectivity index (χ3v) is 2.28. The average molecular weight is 249 g/mol. The summed E-state index contributed by atoms with van der Waals surface area (Å²) in [5.41, 5.74) is -1.38. The minimum atomic E-state index is -1.52. The van der Waals surface area contributed by atoms with E-state index in [1.165, 1.54) is 13.8 Å². The fourth-order valence-electron chi connectivity index (χ4n) is 1.37. The Morgan fingerprint density at radius 3 is 1.65 bits per heavy atom. The molecule has 0 spiro atoms. The van der Waals surface area contributed by atoms with E-state index in [1.807, 2.05) is 0 Å². The van der Waals surface area contributed by atoms with Crippen molar-refractivity contribution in [3.05, 3.63) is 40.0 Å². The molecule has 0 saturated heterocycles. The second-order valence-electron chi connectivity index (χ2n) is 3.70. The molecule has 0 unspecified atom stereocenters. The zero-order valence-electron chi connectivity index (χ0n) is 9.50. The molecule has 0 fully saturated rings. The molecule has 94 valence electrons. The molecular formula is C11H11F4NO. The van der Waals surface area contributed by atoms with Crippen LogP contribution < -0.4 is 5.90 Å². The van der Waals surface area contributed by atoms with E-state index in [2.05, 4.69) is 4.84 Å². The van der Waals surface area contributed by atoms with Crippen molar-refractivity contribution in [1.29, 1.82) is 0 Å². The van der Waals surface area contributed by atoms with Gasteiger partial charge >= 0.3 is 0 Å². The molecule has 0 aliphatic heterocycles. The second-order valence-corrected chi connectivity index (χ2v) is 3.70. The van der Waals surface area contributed by atoms with Crippen molar-refractivity contribution in [1.82, 2.24) is 0 Å². The van der Waals surface area contributed by atoms with Crippen molar-refractivity contribution >= 4 is 5.76 Å². The van der Waals surface area contributed by atoms with E-state index in [9.17, 15) is 17.6 Å². The van der Waals surface area contributed by atoms with Crippen molar-refractivity contribution in [2.24, 2.45) is 5.90 Å². The van der Waals surface area contributed by atoms with Crippen LogP contribution in [0.1, 0.15) is 25.0 Å². The monoisotopic (exact) mass is 249 g/mol. The molecule has 0 bridgehead atoms. The Morgan fingerprint density at radius 1 is 0.941 bits per heavy atom. The van der Waals surface area contributed by atoms with Crippen molar-refractivity contribution < 1.29 is 22.4 Å². The lowest BCUT2D eigenvalue weighted by Crippen LogP contribution is -2.10. The van der Waals surface area contributed by atoms with E-state index in [1.54, 1.807) is 0 Å². The number of hydrogen-bond acceptors (Lipinski definition) is 2. The number of benzene rings is 1. The minimum absolute atomic E-state index is 0.285. The first-order valence-electron chi connectivity index (χ1n) is 4.70. The van der Waals surface area contributed by atoms with Gasteiger partial charge in [-0.05, 0) is 26.3 Å². The van der Waals surface area contributed by atoms with Gasteiger partial charge in [0.05, 0.1) is 5.56 Å². The number of hydrogen-bond donors (Lipinski definition) is 1. The highest BCUT2D eigenvalue weighted by Crippen LogP contribution is 2.30. The molecule has 6 heteroatoms. The molecule has 0 saturated carbocycles. The van der Waals surface area contributed by atoms with Crippen LogP contribution in [-0.2, 0) is 4.84 Å². The van der Waals surface area contributed by atoms with Crippen LogP contribution in [0.25, 0.3) is 5.76 Å². The third kappa shape index (κ3) is 2.12. The molecule has 0 radical (unpaired) electrons. The van der Waals surface area contributed by atoms with Crippen molar-refractivity contribution in [2.75, 3.05) is 0 Å². The SMILES string of the molecule is CC(C)=C(ON)c1c(F)c(F)c(C)c(F)c1F. The van der Waals surface area contributed by atoms with Crippen LogP contribution in [0.2, 0.25) is 0 Å². The van der Waals surface area contributed by atoms with Gasteiger partial charge in [-0.2, -0.15) is 5.90 Å². The van der Waals surface area contributed by atoms with Gasteiger partial charge in [0.15, 0.2) is 29.0 Å². The predicted molar refractivity (Wildman–Crippen MR) is 54.6 cm³/mol. The Bertz CT molecular complexity index is 464. The molecule has 0 heterocycles. The topological polar surface area (TPSA) is 35.2 Å². The zero-order chi connectivity index (χ0) is 13.3. The van der Waals surface area contributed by atoms with Gasteiger partial charge < -0.3 is 4.84 Å². The maximum atomic E-state index is 13.5. The molecular weight excluding hydrogens is 238 g/mol. The van der Waals surface area contributed by atoms with E-state index in [-0.39, 0.29) is 5.57 Å². The highest BCUT2D eigenvalue weighted by Gasteiger charge is 2.26. The summed E-state index contributed by atoms with van der Waals surface area (Å²) in [5, 5.41) is 0. The Kier molecular flexibility index (Phi) is 3.77. The Morgan fingerprint density at radius 2 is 1.35 bits per heavy atom. The van der Waals surface area contributed by atoms with Crippen LogP contribution in [0.5, 0.6) is 0 Å². The van der Waals surface area contributed by atoms with Gasteiger partial charge in [-0.15, -0.1) is 0 Å². The molecule has 0 aliphatic carbocycles. The average Bonchev–Trinajstić information content (AvgIpc) is 2.29. The quantitative estimate of drug-likeness (QED) is 0.378. The molecule has 2 nitrogen and oxygen atoms in total. The second kappa shape index (κ2) is 4.75. The first kappa shape index (κ1) is 13.5. The lowest BCUT2D eigenvalue weighted by molar-refractivity contribution is 0.282. The summed E-state index contributed by atoms with van der Waals surface area (Å²) in [5.74, 6) is -1.56. The van der Waals surface area contributed by atoms with E-state index in [4.69, 9.17) is 5.90 Å². The molecule has 0 aliphatic rings. The van der Waals surface area contributed by atoms with Crippen molar-refractivity contribution in [3.8, 4) is 0 Å².